The zero-order chi connectivity index (χ0) is 26.9. The summed E-state index contributed by atoms with van der Waals surface area (Å²) in [7, 11) is -3.79. The second-order valence-electron chi connectivity index (χ2n) is 10.3. The van der Waals surface area contributed by atoms with Crippen LogP contribution in [0.2, 0.25) is 0 Å². The fraction of sp³-hybridized carbons (Fsp3) is 0.500. The van der Waals surface area contributed by atoms with Gasteiger partial charge in [-0.05, 0) is 75.4 Å². The van der Waals surface area contributed by atoms with Crippen LogP contribution in [-0.2, 0) is 19.6 Å². The maximum Gasteiger partial charge on any atom is 0.247 e. The zero-order valence-electron chi connectivity index (χ0n) is 22.4. The summed E-state index contributed by atoms with van der Waals surface area (Å²) < 4.78 is 35.1. The highest BCUT2D eigenvalue weighted by molar-refractivity contribution is 7.89. The van der Waals surface area contributed by atoms with E-state index in [0.29, 0.717) is 31.1 Å². The number of aryl methyl sites for hydroxylation is 3. The highest BCUT2D eigenvalue weighted by Crippen LogP contribution is 2.34. The van der Waals surface area contributed by atoms with Crippen molar-refractivity contribution in [3.05, 3.63) is 53.1 Å². The number of hydrogen-bond donors (Lipinski definition) is 0. The molecule has 1 aromatic heterocycles. The molecule has 0 spiro atoms. The van der Waals surface area contributed by atoms with Crippen LogP contribution in [0.15, 0.2) is 41.3 Å². The molecule has 2 fully saturated rings. The standard InChI is InChI=1S/C28H36N4O4S2/c1-20-7-9-23(10-8-20)38(34,35)32-13-4-6-25(32)27(33)31(12-5-11-30-14-16-36-17-15-30)28-29-24-18-21(2)22(3)19-26(24)37-28/h7-10,18-19,25H,4-6,11-17H2,1-3H3. The number of sulfonamides is 1. The molecule has 1 unspecified atom stereocenters. The van der Waals surface area contributed by atoms with Crippen molar-refractivity contribution in [1.82, 2.24) is 14.2 Å². The van der Waals surface area contributed by atoms with Crippen LogP contribution in [-0.4, -0.2) is 80.5 Å². The molecule has 0 radical (unpaired) electrons. The minimum atomic E-state index is -3.79. The number of ether oxygens (including phenoxy) is 1. The molecule has 2 aliphatic heterocycles. The van der Waals surface area contributed by atoms with E-state index in [-0.39, 0.29) is 10.8 Å². The second kappa shape index (κ2) is 11.4. The van der Waals surface area contributed by atoms with Gasteiger partial charge in [0.05, 0.1) is 28.3 Å². The van der Waals surface area contributed by atoms with Gasteiger partial charge in [0, 0.05) is 32.7 Å². The van der Waals surface area contributed by atoms with Gasteiger partial charge in [-0.2, -0.15) is 4.31 Å². The summed E-state index contributed by atoms with van der Waals surface area (Å²) >= 11 is 1.50. The van der Waals surface area contributed by atoms with E-state index in [9.17, 15) is 13.2 Å². The highest BCUT2D eigenvalue weighted by atomic mass is 32.2. The van der Waals surface area contributed by atoms with Gasteiger partial charge in [-0.25, -0.2) is 13.4 Å². The zero-order valence-corrected chi connectivity index (χ0v) is 24.0. The first-order valence-corrected chi connectivity index (χ1v) is 15.6. The fourth-order valence-corrected chi connectivity index (χ4v) is 7.89. The fourth-order valence-electron chi connectivity index (χ4n) is 5.16. The minimum absolute atomic E-state index is 0.187. The quantitative estimate of drug-likeness (QED) is 0.415. The molecule has 3 heterocycles. The summed E-state index contributed by atoms with van der Waals surface area (Å²) in [6.45, 7) is 11.0. The van der Waals surface area contributed by atoms with Gasteiger partial charge in [-0.3, -0.25) is 14.6 Å². The average Bonchev–Trinajstić information content (AvgIpc) is 3.55. The SMILES string of the molecule is Cc1ccc(S(=O)(=O)N2CCCC2C(=O)N(CCCN2CCOCC2)c2nc3cc(C)c(C)cc3s2)cc1. The van der Waals surface area contributed by atoms with E-state index in [4.69, 9.17) is 9.72 Å². The molecule has 0 aliphatic carbocycles. The third-order valence-corrected chi connectivity index (χ3v) is 10.5. The van der Waals surface area contributed by atoms with Crippen molar-refractivity contribution in [1.29, 1.82) is 0 Å². The maximum atomic E-state index is 14.1. The monoisotopic (exact) mass is 556 g/mol. The van der Waals surface area contributed by atoms with Crippen LogP contribution in [0.1, 0.15) is 36.0 Å². The summed E-state index contributed by atoms with van der Waals surface area (Å²) in [6.07, 6.45) is 1.94. The highest BCUT2D eigenvalue weighted by Gasteiger charge is 2.42. The molecule has 204 valence electrons. The molecule has 2 aromatic carbocycles. The van der Waals surface area contributed by atoms with Gasteiger partial charge in [0.25, 0.3) is 0 Å². The topological polar surface area (TPSA) is 83.1 Å². The van der Waals surface area contributed by atoms with E-state index in [1.807, 2.05) is 6.92 Å². The molecular formula is C28H36N4O4S2. The van der Waals surface area contributed by atoms with Crippen molar-refractivity contribution >= 4 is 42.6 Å². The van der Waals surface area contributed by atoms with Crippen LogP contribution >= 0.6 is 11.3 Å². The Bertz CT molecular complexity index is 1360. The number of nitrogens with zero attached hydrogens (tertiary/aromatic N) is 4. The van der Waals surface area contributed by atoms with Crippen LogP contribution in [0.25, 0.3) is 10.2 Å². The molecule has 2 saturated heterocycles. The number of morpholine rings is 1. The number of carbonyl (C=O) groups excluding carboxylic acids is 1. The summed E-state index contributed by atoms with van der Waals surface area (Å²) in [5, 5.41) is 0.636. The van der Waals surface area contributed by atoms with E-state index in [0.717, 1.165) is 60.6 Å². The van der Waals surface area contributed by atoms with E-state index < -0.39 is 16.1 Å². The number of fused-ring (bicyclic) bond motifs is 1. The number of carbonyl (C=O) groups is 1. The molecule has 38 heavy (non-hydrogen) atoms. The number of rotatable bonds is 8. The Balaban J connectivity index is 1.43. The number of benzene rings is 2. The van der Waals surface area contributed by atoms with E-state index in [2.05, 4.69) is 30.9 Å². The Morgan fingerprint density at radius 3 is 2.53 bits per heavy atom. The Morgan fingerprint density at radius 2 is 1.79 bits per heavy atom. The van der Waals surface area contributed by atoms with Crippen LogP contribution in [0.5, 0.6) is 0 Å². The van der Waals surface area contributed by atoms with Crippen LogP contribution in [0.4, 0.5) is 5.13 Å². The first-order valence-electron chi connectivity index (χ1n) is 13.3. The number of thiazole rings is 1. The van der Waals surface area contributed by atoms with Gasteiger partial charge in [-0.15, -0.1) is 0 Å². The van der Waals surface area contributed by atoms with Gasteiger partial charge < -0.3 is 4.74 Å². The van der Waals surface area contributed by atoms with Crippen molar-refractivity contribution in [2.45, 2.75) is 51.0 Å². The van der Waals surface area contributed by atoms with Crippen molar-refractivity contribution in [2.24, 2.45) is 0 Å². The molecule has 0 bridgehead atoms. The largest absolute Gasteiger partial charge is 0.379 e. The van der Waals surface area contributed by atoms with Crippen molar-refractivity contribution in [3.63, 3.8) is 0 Å². The second-order valence-corrected chi connectivity index (χ2v) is 13.2. The minimum Gasteiger partial charge on any atom is -0.379 e. The molecule has 0 N–H and O–H groups in total. The van der Waals surface area contributed by atoms with Crippen molar-refractivity contribution in [2.75, 3.05) is 50.8 Å². The lowest BCUT2D eigenvalue weighted by molar-refractivity contribution is -0.121. The van der Waals surface area contributed by atoms with Gasteiger partial charge in [-0.1, -0.05) is 29.0 Å². The molecule has 5 rings (SSSR count). The van der Waals surface area contributed by atoms with Crippen LogP contribution in [0.3, 0.4) is 0 Å². The van der Waals surface area contributed by atoms with Gasteiger partial charge in [0.2, 0.25) is 15.9 Å². The van der Waals surface area contributed by atoms with E-state index in [1.165, 1.54) is 21.2 Å². The summed E-state index contributed by atoms with van der Waals surface area (Å²) in [4.78, 5) is 23.3. The molecule has 0 saturated carbocycles. The molecule has 8 nitrogen and oxygen atoms in total. The van der Waals surface area contributed by atoms with Crippen molar-refractivity contribution in [3.8, 4) is 0 Å². The third-order valence-electron chi connectivity index (χ3n) is 7.57. The summed E-state index contributed by atoms with van der Waals surface area (Å²) in [6, 6.07) is 10.3. The number of amides is 1. The smallest absolute Gasteiger partial charge is 0.247 e. The number of hydrogen-bond acceptors (Lipinski definition) is 7. The molecule has 3 aromatic rings. The van der Waals surface area contributed by atoms with Gasteiger partial charge >= 0.3 is 0 Å². The lowest BCUT2D eigenvalue weighted by Gasteiger charge is -2.30. The summed E-state index contributed by atoms with van der Waals surface area (Å²) in [5.74, 6) is -0.187. The van der Waals surface area contributed by atoms with Crippen LogP contribution < -0.4 is 4.90 Å². The van der Waals surface area contributed by atoms with Gasteiger partial charge in [0.15, 0.2) is 5.13 Å². The Kier molecular flexibility index (Phi) is 8.16. The Labute approximate surface area is 229 Å². The Hall–Kier alpha value is -2.37. The maximum absolute atomic E-state index is 14.1. The van der Waals surface area contributed by atoms with Crippen LogP contribution in [0, 0.1) is 20.8 Å². The van der Waals surface area contributed by atoms with Crippen molar-refractivity contribution < 1.29 is 17.9 Å². The lowest BCUT2D eigenvalue weighted by atomic mass is 10.1. The molecule has 1 atom stereocenters. The average molecular weight is 557 g/mol. The normalized spacial score (nSPS) is 19.3. The Morgan fingerprint density at radius 1 is 1.08 bits per heavy atom. The molecule has 1 amide bonds. The van der Waals surface area contributed by atoms with E-state index >= 15 is 0 Å². The summed E-state index contributed by atoms with van der Waals surface area (Å²) in [5.41, 5.74) is 4.20. The lowest BCUT2D eigenvalue weighted by Crippen LogP contribution is -2.48. The number of anilines is 1. The predicted octanol–water partition coefficient (Wildman–Crippen LogP) is 4.13. The molecular weight excluding hydrogens is 520 g/mol. The predicted molar refractivity (Wildman–Crippen MR) is 151 cm³/mol. The first-order chi connectivity index (χ1) is 18.2. The third kappa shape index (κ3) is 5.65. The number of aromatic nitrogens is 1. The first kappa shape index (κ1) is 27.2. The van der Waals surface area contributed by atoms with E-state index in [1.54, 1.807) is 29.2 Å². The van der Waals surface area contributed by atoms with Gasteiger partial charge in [0.1, 0.15) is 6.04 Å². The molecule has 10 heteroatoms. The molecule has 2 aliphatic rings.